The first kappa shape index (κ1) is 11.2. The molecule has 2 N–H and O–H groups in total. The second-order valence-corrected chi connectivity index (χ2v) is 3.77. The average Bonchev–Trinajstić information content (AvgIpc) is 2.72. The molecule has 2 aromatic rings. The number of aliphatic carboxylic acids is 1. The summed E-state index contributed by atoms with van der Waals surface area (Å²) < 4.78 is 0. The van der Waals surface area contributed by atoms with Crippen molar-refractivity contribution in [3.8, 4) is 0 Å². The SMILES string of the molecule is CC(C(=O)O)N(C=O)c1cc2ccccc2[nH]1. The number of hydrogen-bond donors (Lipinski definition) is 2. The maximum Gasteiger partial charge on any atom is 0.326 e. The summed E-state index contributed by atoms with van der Waals surface area (Å²) in [6.45, 7) is 1.46. The highest BCUT2D eigenvalue weighted by atomic mass is 16.4. The number of aromatic nitrogens is 1. The largest absolute Gasteiger partial charge is 0.480 e. The number of nitrogens with one attached hydrogen (secondary N) is 1. The van der Waals surface area contributed by atoms with E-state index in [1.54, 1.807) is 6.07 Å². The number of fused-ring (bicyclic) bond motifs is 1. The second kappa shape index (κ2) is 4.29. The van der Waals surface area contributed by atoms with Crippen LogP contribution in [-0.2, 0) is 9.59 Å². The van der Waals surface area contributed by atoms with Crippen molar-refractivity contribution >= 4 is 29.1 Å². The molecule has 17 heavy (non-hydrogen) atoms. The Morgan fingerprint density at radius 3 is 2.76 bits per heavy atom. The topological polar surface area (TPSA) is 73.4 Å². The number of rotatable bonds is 4. The van der Waals surface area contributed by atoms with Gasteiger partial charge in [-0.2, -0.15) is 0 Å². The molecule has 2 rings (SSSR count). The van der Waals surface area contributed by atoms with Gasteiger partial charge in [0.2, 0.25) is 6.41 Å². The zero-order chi connectivity index (χ0) is 12.4. The summed E-state index contributed by atoms with van der Waals surface area (Å²) in [6.07, 6.45) is 0.517. The number of H-pyrrole nitrogens is 1. The van der Waals surface area contributed by atoms with Gasteiger partial charge in [-0.3, -0.25) is 9.69 Å². The predicted molar refractivity (Wildman–Crippen MR) is 63.9 cm³/mol. The first-order valence-electron chi connectivity index (χ1n) is 5.17. The molecule has 88 valence electrons. The third-order valence-electron chi connectivity index (χ3n) is 2.68. The Morgan fingerprint density at radius 2 is 2.18 bits per heavy atom. The molecule has 1 unspecified atom stereocenters. The van der Waals surface area contributed by atoms with E-state index < -0.39 is 12.0 Å². The van der Waals surface area contributed by atoms with Crippen molar-refractivity contribution in [2.75, 3.05) is 4.90 Å². The van der Waals surface area contributed by atoms with Crippen LogP contribution in [0.2, 0.25) is 0 Å². The van der Waals surface area contributed by atoms with Gasteiger partial charge in [-0.05, 0) is 19.1 Å². The van der Waals surface area contributed by atoms with Crippen molar-refractivity contribution in [1.82, 2.24) is 4.98 Å². The fraction of sp³-hybridized carbons (Fsp3) is 0.167. The number of carboxylic acid groups (broad SMARTS) is 1. The molecule has 5 nitrogen and oxygen atoms in total. The number of nitrogens with zero attached hydrogens (tertiary/aromatic N) is 1. The Bertz CT molecular complexity index is 529. The standard InChI is InChI=1S/C12H12N2O3/c1-8(12(16)17)14(7-15)11-6-9-4-2-3-5-10(9)13-11/h2-8,13H,1H3,(H,16,17). The lowest BCUT2D eigenvalue weighted by Gasteiger charge is -2.19. The van der Waals surface area contributed by atoms with Gasteiger partial charge in [-0.1, -0.05) is 18.2 Å². The highest BCUT2D eigenvalue weighted by Crippen LogP contribution is 2.22. The van der Waals surface area contributed by atoms with E-state index in [0.717, 1.165) is 15.8 Å². The molecule has 0 spiro atoms. The van der Waals surface area contributed by atoms with Gasteiger partial charge < -0.3 is 10.1 Å². The number of anilines is 1. The van der Waals surface area contributed by atoms with E-state index in [2.05, 4.69) is 4.98 Å². The summed E-state index contributed by atoms with van der Waals surface area (Å²) in [5, 5.41) is 9.84. The van der Waals surface area contributed by atoms with Gasteiger partial charge in [0.25, 0.3) is 0 Å². The Hall–Kier alpha value is -2.30. The van der Waals surface area contributed by atoms with Crippen molar-refractivity contribution in [3.63, 3.8) is 0 Å². The third kappa shape index (κ3) is 1.99. The minimum Gasteiger partial charge on any atom is -0.480 e. The molecule has 0 aliphatic rings. The number of amides is 1. The Labute approximate surface area is 97.7 Å². The van der Waals surface area contributed by atoms with Gasteiger partial charge in [0.15, 0.2) is 0 Å². The third-order valence-corrected chi connectivity index (χ3v) is 2.68. The number of carbonyl (C=O) groups excluding carboxylic acids is 1. The first-order valence-corrected chi connectivity index (χ1v) is 5.17. The maximum atomic E-state index is 11.0. The molecule has 1 atom stereocenters. The number of benzene rings is 1. The fourth-order valence-electron chi connectivity index (χ4n) is 1.67. The molecule has 0 fully saturated rings. The van der Waals surface area contributed by atoms with Crippen molar-refractivity contribution in [3.05, 3.63) is 30.3 Å². The zero-order valence-electron chi connectivity index (χ0n) is 9.25. The van der Waals surface area contributed by atoms with E-state index in [9.17, 15) is 9.59 Å². The molecule has 0 saturated heterocycles. The van der Waals surface area contributed by atoms with Gasteiger partial charge in [0.05, 0.1) is 0 Å². The molecule has 0 aliphatic carbocycles. The minimum atomic E-state index is -1.05. The zero-order valence-corrected chi connectivity index (χ0v) is 9.25. The number of aromatic amines is 1. The lowest BCUT2D eigenvalue weighted by atomic mass is 10.2. The van der Waals surface area contributed by atoms with E-state index in [0.29, 0.717) is 12.2 Å². The van der Waals surface area contributed by atoms with E-state index in [1.807, 2.05) is 24.3 Å². The molecule has 1 heterocycles. The maximum absolute atomic E-state index is 11.0. The van der Waals surface area contributed by atoms with Crippen LogP contribution in [0.15, 0.2) is 30.3 Å². The van der Waals surface area contributed by atoms with Gasteiger partial charge in [0, 0.05) is 10.9 Å². The van der Waals surface area contributed by atoms with Crippen molar-refractivity contribution < 1.29 is 14.7 Å². The minimum absolute atomic E-state index is 0.483. The summed E-state index contributed by atoms with van der Waals surface area (Å²) in [5.74, 6) is -0.563. The van der Waals surface area contributed by atoms with Crippen LogP contribution >= 0.6 is 0 Å². The monoisotopic (exact) mass is 232 g/mol. The first-order chi connectivity index (χ1) is 8.13. The molecule has 5 heteroatoms. The molecule has 1 aromatic carbocycles. The molecular weight excluding hydrogens is 220 g/mol. The molecule has 1 aromatic heterocycles. The molecule has 0 radical (unpaired) electrons. The van der Waals surface area contributed by atoms with Crippen LogP contribution in [0.3, 0.4) is 0 Å². The van der Waals surface area contributed by atoms with E-state index in [-0.39, 0.29) is 0 Å². The van der Waals surface area contributed by atoms with Crippen LogP contribution in [-0.4, -0.2) is 28.5 Å². The number of carboxylic acids is 1. The van der Waals surface area contributed by atoms with Crippen LogP contribution in [0.4, 0.5) is 5.82 Å². The van der Waals surface area contributed by atoms with E-state index >= 15 is 0 Å². The Balaban J connectivity index is 2.43. The molecule has 0 saturated carbocycles. The quantitative estimate of drug-likeness (QED) is 0.786. The summed E-state index contributed by atoms with van der Waals surface area (Å²) in [5.41, 5.74) is 0.868. The van der Waals surface area contributed by atoms with Crippen LogP contribution in [0.25, 0.3) is 10.9 Å². The van der Waals surface area contributed by atoms with Crippen LogP contribution in [0, 0.1) is 0 Å². The molecule has 0 aliphatic heterocycles. The van der Waals surface area contributed by atoms with E-state index in [1.165, 1.54) is 6.92 Å². The lowest BCUT2D eigenvalue weighted by molar-refractivity contribution is -0.138. The highest BCUT2D eigenvalue weighted by molar-refractivity contribution is 5.91. The molecule has 0 bridgehead atoms. The average molecular weight is 232 g/mol. The summed E-state index contributed by atoms with van der Waals surface area (Å²) in [7, 11) is 0. The van der Waals surface area contributed by atoms with Gasteiger partial charge in [-0.15, -0.1) is 0 Å². The van der Waals surface area contributed by atoms with Gasteiger partial charge in [0.1, 0.15) is 11.9 Å². The summed E-state index contributed by atoms with van der Waals surface area (Å²) in [4.78, 5) is 26.0. The number of carbonyl (C=O) groups is 2. The molecule has 1 amide bonds. The predicted octanol–water partition coefficient (Wildman–Crippen LogP) is 1.60. The van der Waals surface area contributed by atoms with Crippen LogP contribution in [0.1, 0.15) is 6.92 Å². The molecular formula is C12H12N2O3. The van der Waals surface area contributed by atoms with Crippen molar-refractivity contribution in [2.45, 2.75) is 13.0 Å². The fourth-order valence-corrected chi connectivity index (χ4v) is 1.67. The Morgan fingerprint density at radius 1 is 1.47 bits per heavy atom. The second-order valence-electron chi connectivity index (χ2n) is 3.77. The van der Waals surface area contributed by atoms with Crippen molar-refractivity contribution in [1.29, 1.82) is 0 Å². The normalized spacial score (nSPS) is 12.3. The smallest absolute Gasteiger partial charge is 0.326 e. The Kier molecular flexibility index (Phi) is 2.82. The number of hydrogen-bond acceptors (Lipinski definition) is 2. The highest BCUT2D eigenvalue weighted by Gasteiger charge is 2.21. The summed E-state index contributed by atoms with van der Waals surface area (Å²) in [6, 6.07) is 8.36. The van der Waals surface area contributed by atoms with Crippen molar-refractivity contribution in [2.24, 2.45) is 0 Å². The number of para-hydroxylation sites is 1. The van der Waals surface area contributed by atoms with Crippen LogP contribution < -0.4 is 4.90 Å². The van der Waals surface area contributed by atoms with Gasteiger partial charge in [-0.25, -0.2) is 4.79 Å². The summed E-state index contributed by atoms with van der Waals surface area (Å²) >= 11 is 0. The lowest BCUT2D eigenvalue weighted by Crippen LogP contribution is -2.38. The van der Waals surface area contributed by atoms with E-state index in [4.69, 9.17) is 5.11 Å². The van der Waals surface area contributed by atoms with Crippen LogP contribution in [0.5, 0.6) is 0 Å². The van der Waals surface area contributed by atoms with Gasteiger partial charge >= 0.3 is 5.97 Å².